The second-order valence-electron chi connectivity index (χ2n) is 1.62. The molecule has 1 aromatic rings. The molecule has 0 spiro atoms. The van der Waals surface area contributed by atoms with Crippen LogP contribution in [0.4, 0.5) is 0 Å². The van der Waals surface area contributed by atoms with Gasteiger partial charge in [-0.2, -0.15) is 0 Å². The molecule has 1 heterocycles. The molecule has 0 saturated heterocycles. The Morgan fingerprint density at radius 2 is 2.60 bits per heavy atom. The number of aromatic nitrogens is 3. The van der Waals surface area contributed by atoms with Gasteiger partial charge in [0.1, 0.15) is 0 Å². The van der Waals surface area contributed by atoms with E-state index in [2.05, 4.69) is 15.1 Å². The van der Waals surface area contributed by atoms with Crippen molar-refractivity contribution < 1.29 is 9.63 Å². The third-order valence-corrected chi connectivity index (χ3v) is 0.885. The van der Waals surface area contributed by atoms with Gasteiger partial charge in [0.05, 0.1) is 12.4 Å². The van der Waals surface area contributed by atoms with Gasteiger partial charge >= 0.3 is 5.97 Å². The molecule has 5 nitrogen and oxygen atoms in total. The molecule has 0 bridgehead atoms. The second kappa shape index (κ2) is 2.95. The van der Waals surface area contributed by atoms with Gasteiger partial charge in [-0.05, 0) is 5.21 Å². The quantitative estimate of drug-likeness (QED) is 0.528. The van der Waals surface area contributed by atoms with E-state index >= 15 is 0 Å². The van der Waals surface area contributed by atoms with Gasteiger partial charge in [0.25, 0.3) is 0 Å². The number of carbonyl (C=O) groups excluding carboxylic acids is 1. The van der Waals surface area contributed by atoms with E-state index in [0.717, 1.165) is 4.85 Å². The summed E-state index contributed by atoms with van der Waals surface area (Å²) in [6.07, 6.45) is 3.22. The zero-order chi connectivity index (χ0) is 7.40. The molecule has 0 fully saturated rings. The van der Waals surface area contributed by atoms with Crippen LogP contribution >= 0.6 is 0 Å². The Morgan fingerprint density at radius 3 is 3.10 bits per heavy atom. The number of nitrogens with zero attached hydrogens (tertiary/aromatic N) is 3. The SMILES string of the molecule is CCC(=O)On1ccnn1. The van der Waals surface area contributed by atoms with Gasteiger partial charge in [0, 0.05) is 6.42 Å². The van der Waals surface area contributed by atoms with Crippen molar-refractivity contribution in [3.05, 3.63) is 12.4 Å². The van der Waals surface area contributed by atoms with E-state index in [1.165, 1.54) is 12.4 Å². The number of hydrogen-bond acceptors (Lipinski definition) is 4. The molecule has 1 rings (SSSR count). The van der Waals surface area contributed by atoms with Gasteiger partial charge in [-0.1, -0.05) is 11.8 Å². The van der Waals surface area contributed by atoms with Gasteiger partial charge in [0.15, 0.2) is 0 Å². The second-order valence-corrected chi connectivity index (χ2v) is 1.62. The minimum atomic E-state index is -0.328. The van der Waals surface area contributed by atoms with Gasteiger partial charge in [0.2, 0.25) is 0 Å². The summed E-state index contributed by atoms with van der Waals surface area (Å²) >= 11 is 0. The summed E-state index contributed by atoms with van der Waals surface area (Å²) in [5.74, 6) is -0.328. The molecule has 0 aliphatic rings. The Bertz CT molecular complexity index is 207. The van der Waals surface area contributed by atoms with Gasteiger partial charge in [-0.25, -0.2) is 4.79 Å². The predicted molar refractivity (Wildman–Crippen MR) is 31.9 cm³/mol. The van der Waals surface area contributed by atoms with Crippen LogP contribution in [0.15, 0.2) is 12.4 Å². The monoisotopic (exact) mass is 141 g/mol. The fourth-order valence-electron chi connectivity index (χ4n) is 0.415. The third-order valence-electron chi connectivity index (χ3n) is 0.885. The number of carbonyl (C=O) groups is 1. The first kappa shape index (κ1) is 6.73. The van der Waals surface area contributed by atoms with E-state index in [0.29, 0.717) is 6.42 Å². The van der Waals surface area contributed by atoms with Crippen LogP contribution in [0.5, 0.6) is 0 Å². The molecule has 0 aliphatic heterocycles. The summed E-state index contributed by atoms with van der Waals surface area (Å²) in [7, 11) is 0. The number of hydrogen-bond donors (Lipinski definition) is 0. The molecule has 0 radical (unpaired) electrons. The maximum atomic E-state index is 10.6. The van der Waals surface area contributed by atoms with Crippen molar-refractivity contribution in [3.63, 3.8) is 0 Å². The van der Waals surface area contributed by atoms with Crippen LogP contribution in [0, 0.1) is 0 Å². The molecular formula is C5H7N3O2. The topological polar surface area (TPSA) is 57.0 Å². The molecule has 1 aromatic heterocycles. The fraction of sp³-hybridized carbons (Fsp3) is 0.400. The third kappa shape index (κ3) is 1.54. The summed E-state index contributed by atoms with van der Waals surface area (Å²) in [6, 6.07) is 0. The molecule has 0 atom stereocenters. The van der Waals surface area contributed by atoms with Gasteiger partial charge < -0.3 is 4.84 Å². The van der Waals surface area contributed by atoms with Crippen LogP contribution in [0.3, 0.4) is 0 Å². The van der Waals surface area contributed by atoms with Crippen LogP contribution in [-0.2, 0) is 4.79 Å². The predicted octanol–water partition coefficient (Wildman–Crippen LogP) is -0.357. The smallest absolute Gasteiger partial charge is 0.318 e. The van der Waals surface area contributed by atoms with Crippen LogP contribution in [0.2, 0.25) is 0 Å². The largest absolute Gasteiger partial charge is 0.334 e. The normalized spacial score (nSPS) is 9.30. The molecule has 0 amide bonds. The minimum Gasteiger partial charge on any atom is -0.318 e. The molecule has 5 heteroatoms. The summed E-state index contributed by atoms with van der Waals surface area (Å²) in [5.41, 5.74) is 0. The van der Waals surface area contributed by atoms with E-state index in [4.69, 9.17) is 0 Å². The molecule has 0 saturated carbocycles. The van der Waals surface area contributed by atoms with E-state index < -0.39 is 0 Å². The lowest BCUT2D eigenvalue weighted by Crippen LogP contribution is -2.18. The van der Waals surface area contributed by atoms with E-state index in [1.807, 2.05) is 0 Å². The summed E-state index contributed by atoms with van der Waals surface area (Å²) in [5, 5.41) is 6.87. The van der Waals surface area contributed by atoms with Gasteiger partial charge in [-0.15, -0.1) is 5.10 Å². The van der Waals surface area contributed by atoms with Crippen molar-refractivity contribution in [2.24, 2.45) is 0 Å². The average molecular weight is 141 g/mol. The minimum absolute atomic E-state index is 0.328. The Kier molecular flexibility index (Phi) is 1.99. The van der Waals surface area contributed by atoms with Gasteiger partial charge in [-0.3, -0.25) is 0 Å². The highest BCUT2D eigenvalue weighted by molar-refractivity contribution is 5.69. The Morgan fingerprint density at radius 1 is 1.80 bits per heavy atom. The summed E-state index contributed by atoms with van der Waals surface area (Å²) < 4.78 is 0. The first-order valence-corrected chi connectivity index (χ1v) is 2.90. The lowest BCUT2D eigenvalue weighted by Gasteiger charge is -1.96. The molecule has 0 N–H and O–H groups in total. The van der Waals surface area contributed by atoms with Crippen molar-refractivity contribution in [2.75, 3.05) is 0 Å². The lowest BCUT2D eigenvalue weighted by atomic mass is 10.5. The number of rotatable bonds is 2. The Labute approximate surface area is 57.6 Å². The summed E-state index contributed by atoms with van der Waals surface area (Å²) in [4.78, 5) is 16.2. The molecular weight excluding hydrogens is 134 g/mol. The highest BCUT2D eigenvalue weighted by atomic mass is 16.7. The standard InChI is InChI=1S/C5H7N3O2/c1-2-5(9)10-8-4-3-6-7-8/h3-4H,2H2,1H3. The van der Waals surface area contributed by atoms with E-state index in [-0.39, 0.29) is 5.97 Å². The van der Waals surface area contributed by atoms with Crippen LogP contribution in [0.1, 0.15) is 13.3 Å². The maximum Gasteiger partial charge on any atom is 0.334 e. The maximum absolute atomic E-state index is 10.6. The highest BCUT2D eigenvalue weighted by Gasteiger charge is 1.98. The zero-order valence-electron chi connectivity index (χ0n) is 5.52. The first-order valence-electron chi connectivity index (χ1n) is 2.90. The lowest BCUT2D eigenvalue weighted by molar-refractivity contribution is -0.145. The first-order chi connectivity index (χ1) is 4.83. The van der Waals surface area contributed by atoms with Crippen LogP contribution in [-0.4, -0.2) is 21.1 Å². The van der Waals surface area contributed by atoms with Crippen molar-refractivity contribution in [2.45, 2.75) is 13.3 Å². The van der Waals surface area contributed by atoms with Crippen molar-refractivity contribution in [1.82, 2.24) is 15.2 Å². The molecule has 0 aliphatic carbocycles. The molecule has 10 heavy (non-hydrogen) atoms. The fourth-order valence-corrected chi connectivity index (χ4v) is 0.415. The molecule has 0 unspecified atom stereocenters. The zero-order valence-corrected chi connectivity index (χ0v) is 5.52. The van der Waals surface area contributed by atoms with Crippen LogP contribution < -0.4 is 4.84 Å². The van der Waals surface area contributed by atoms with E-state index in [9.17, 15) is 4.79 Å². The van der Waals surface area contributed by atoms with Crippen molar-refractivity contribution in [1.29, 1.82) is 0 Å². The highest BCUT2D eigenvalue weighted by Crippen LogP contribution is 1.79. The average Bonchev–Trinajstić information content (AvgIpc) is 2.40. The summed E-state index contributed by atoms with van der Waals surface area (Å²) in [6.45, 7) is 1.71. The van der Waals surface area contributed by atoms with Crippen LogP contribution in [0.25, 0.3) is 0 Å². The van der Waals surface area contributed by atoms with Crippen molar-refractivity contribution in [3.8, 4) is 0 Å². The van der Waals surface area contributed by atoms with E-state index in [1.54, 1.807) is 6.92 Å². The van der Waals surface area contributed by atoms with Crippen molar-refractivity contribution >= 4 is 5.97 Å². The Hall–Kier alpha value is -1.39. The molecule has 0 aromatic carbocycles. The molecule has 54 valence electrons. The Balaban J connectivity index is 2.48.